The van der Waals surface area contributed by atoms with E-state index in [9.17, 15) is 14.4 Å². The SMILES string of the molecule is CCCCCCCCCCCCCCCCCCCC(=O)O.CCCCCCCCCCCCCCCCCCCC(=O)O.CCCCCCCCCCCCCCCCCCCC(=O)OCC(O)CO.OCC(O)CO. The summed E-state index contributed by atoms with van der Waals surface area (Å²) in [6.07, 6.45) is 67.3. The Morgan fingerprint density at radius 1 is 0.273 bits per heavy atom. The van der Waals surface area contributed by atoms with Crippen LogP contribution in [0.5, 0.6) is 0 Å². The van der Waals surface area contributed by atoms with Gasteiger partial charge in [0.25, 0.3) is 0 Å². The van der Waals surface area contributed by atoms with Crippen LogP contribution in [-0.2, 0) is 19.1 Å². The maximum absolute atomic E-state index is 11.4. The van der Waals surface area contributed by atoms with Crippen LogP contribution >= 0.6 is 0 Å². The molecule has 0 fully saturated rings. The van der Waals surface area contributed by atoms with E-state index in [1.165, 1.54) is 289 Å². The van der Waals surface area contributed by atoms with Gasteiger partial charge in [0, 0.05) is 19.3 Å². The minimum absolute atomic E-state index is 0.103. The van der Waals surface area contributed by atoms with Gasteiger partial charge in [-0.25, -0.2) is 0 Å². The number of hydrogen-bond donors (Lipinski definition) is 7. The third-order valence-electron chi connectivity index (χ3n) is 14.5. The van der Waals surface area contributed by atoms with Gasteiger partial charge in [-0.15, -0.1) is 0 Å². The van der Waals surface area contributed by atoms with Crippen molar-refractivity contribution in [3.63, 3.8) is 0 Å². The third-order valence-corrected chi connectivity index (χ3v) is 14.5. The summed E-state index contributed by atoms with van der Waals surface area (Å²) >= 11 is 0. The second kappa shape index (κ2) is 76.3. The van der Waals surface area contributed by atoms with Gasteiger partial charge >= 0.3 is 17.9 Å². The highest BCUT2D eigenvalue weighted by atomic mass is 16.5. The summed E-state index contributed by atoms with van der Waals surface area (Å²) in [5.41, 5.74) is 0. The molecule has 11 nitrogen and oxygen atoms in total. The molecule has 0 aliphatic carbocycles. The molecule has 1 unspecified atom stereocenters. The highest BCUT2D eigenvalue weighted by molar-refractivity contribution is 5.69. The zero-order valence-corrected chi connectivity index (χ0v) is 51.4. The van der Waals surface area contributed by atoms with Crippen LogP contribution in [0.3, 0.4) is 0 Å². The van der Waals surface area contributed by atoms with E-state index < -0.39 is 24.1 Å². The molecule has 1 atom stereocenters. The van der Waals surface area contributed by atoms with Gasteiger partial charge in [-0.2, -0.15) is 0 Å². The van der Waals surface area contributed by atoms with Crippen molar-refractivity contribution in [1.29, 1.82) is 0 Å². The first-order valence-electron chi connectivity index (χ1n) is 33.3. The fourth-order valence-corrected chi connectivity index (χ4v) is 9.37. The smallest absolute Gasteiger partial charge is 0.305 e. The Labute approximate surface area is 477 Å². The lowest BCUT2D eigenvalue weighted by Crippen LogP contribution is -2.21. The number of hydrogen-bond acceptors (Lipinski definition) is 9. The lowest BCUT2D eigenvalue weighted by atomic mass is 10.0. The van der Waals surface area contributed by atoms with Crippen LogP contribution in [0.1, 0.15) is 367 Å². The lowest BCUT2D eigenvalue weighted by Gasteiger charge is -2.08. The molecule has 0 aromatic carbocycles. The molecule has 0 rings (SSSR count). The molecule has 0 aliphatic heterocycles. The second-order valence-corrected chi connectivity index (χ2v) is 22.5. The van der Waals surface area contributed by atoms with Crippen molar-refractivity contribution in [3.8, 4) is 0 Å². The maximum atomic E-state index is 11.4. The summed E-state index contributed by atoms with van der Waals surface area (Å²) in [6, 6.07) is 0. The molecular weight excluding hydrogens is 969 g/mol. The Morgan fingerprint density at radius 2 is 0.442 bits per heavy atom. The summed E-state index contributed by atoms with van der Waals surface area (Å²) in [5.74, 6) is -1.58. The minimum Gasteiger partial charge on any atom is -0.481 e. The van der Waals surface area contributed by atoms with Crippen LogP contribution in [0.25, 0.3) is 0 Å². The number of aliphatic hydroxyl groups excluding tert-OH is 5. The van der Waals surface area contributed by atoms with E-state index in [1.54, 1.807) is 0 Å². The molecule has 11 heteroatoms. The molecule has 0 aromatic heterocycles. The average Bonchev–Trinajstić information content (AvgIpc) is 3.42. The number of carbonyl (C=O) groups is 3. The van der Waals surface area contributed by atoms with Gasteiger partial charge in [-0.1, -0.05) is 329 Å². The average molecular weight is 1100 g/mol. The van der Waals surface area contributed by atoms with Crippen LogP contribution in [-0.4, -0.2) is 92.3 Å². The van der Waals surface area contributed by atoms with Gasteiger partial charge in [-0.3, -0.25) is 14.4 Å². The first kappa shape index (κ1) is 81.7. The van der Waals surface area contributed by atoms with Crippen LogP contribution < -0.4 is 0 Å². The molecule has 0 aromatic rings. The first-order chi connectivity index (χ1) is 37.6. The molecule has 0 saturated carbocycles. The van der Waals surface area contributed by atoms with Gasteiger partial charge in [0.1, 0.15) is 18.8 Å². The molecule has 0 amide bonds. The van der Waals surface area contributed by atoms with Crippen molar-refractivity contribution < 1.29 is 54.9 Å². The van der Waals surface area contributed by atoms with Crippen molar-refractivity contribution in [2.75, 3.05) is 26.4 Å². The molecule has 7 N–H and O–H groups in total. The summed E-state index contributed by atoms with van der Waals surface area (Å²) in [5, 5.41) is 58.8. The zero-order chi connectivity index (χ0) is 57.6. The second-order valence-electron chi connectivity index (χ2n) is 22.5. The van der Waals surface area contributed by atoms with Crippen molar-refractivity contribution in [2.24, 2.45) is 0 Å². The normalized spacial score (nSPS) is 11.3. The van der Waals surface area contributed by atoms with Gasteiger partial charge in [0.05, 0.1) is 19.8 Å². The Morgan fingerprint density at radius 3 is 0.597 bits per heavy atom. The monoisotopic (exact) mass is 1100 g/mol. The Kier molecular flexibility index (Phi) is 80.9. The van der Waals surface area contributed by atoms with Gasteiger partial charge in [-0.05, 0) is 19.3 Å². The molecular formula is C66H134O11. The van der Waals surface area contributed by atoms with E-state index in [1.807, 2.05) is 0 Å². The number of carbonyl (C=O) groups excluding carboxylic acids is 1. The molecule has 0 heterocycles. The zero-order valence-electron chi connectivity index (χ0n) is 51.4. The molecule has 0 spiro atoms. The van der Waals surface area contributed by atoms with Crippen LogP contribution in [0.4, 0.5) is 0 Å². The number of unbranched alkanes of at least 4 members (excludes halogenated alkanes) is 48. The van der Waals surface area contributed by atoms with E-state index in [0.29, 0.717) is 19.3 Å². The summed E-state index contributed by atoms with van der Waals surface area (Å²) < 4.78 is 4.87. The highest BCUT2D eigenvalue weighted by Gasteiger charge is 2.08. The fraction of sp³-hybridized carbons (Fsp3) is 0.955. The first-order valence-corrected chi connectivity index (χ1v) is 33.3. The van der Waals surface area contributed by atoms with Gasteiger partial charge in [0.15, 0.2) is 0 Å². The van der Waals surface area contributed by atoms with Crippen molar-refractivity contribution >= 4 is 17.9 Å². The highest BCUT2D eigenvalue weighted by Crippen LogP contribution is 2.18. The number of carboxylic acid groups (broad SMARTS) is 2. The Hall–Kier alpha value is -1.79. The number of aliphatic carboxylic acids is 2. The van der Waals surface area contributed by atoms with Crippen LogP contribution in [0.2, 0.25) is 0 Å². The standard InChI is InChI=1S/C23H46O4.2C20H40O2.C3H8O3/c1-2-3-4-5-6-7-8-9-10-11-12-13-14-15-16-17-18-19-23(26)27-21-22(25)20-24;2*1-2-3-4-5-6-7-8-9-10-11-12-13-14-15-16-17-18-19-20(21)22;4-1-3(6)2-5/h22,24-25H,2-21H2,1H3;2*2-19H2,1H3,(H,21,22);3-6H,1-2H2. The van der Waals surface area contributed by atoms with E-state index in [0.717, 1.165) is 38.5 Å². The van der Waals surface area contributed by atoms with Crippen LogP contribution in [0.15, 0.2) is 0 Å². The number of aliphatic hydroxyl groups is 5. The molecule has 464 valence electrons. The summed E-state index contributed by atoms with van der Waals surface area (Å²) in [6.45, 7) is 5.63. The number of rotatable bonds is 59. The number of esters is 1. The molecule has 0 bridgehead atoms. The van der Waals surface area contributed by atoms with E-state index in [-0.39, 0.29) is 32.4 Å². The largest absolute Gasteiger partial charge is 0.481 e. The van der Waals surface area contributed by atoms with E-state index >= 15 is 0 Å². The minimum atomic E-state index is -0.954. The maximum Gasteiger partial charge on any atom is 0.305 e. The Bertz CT molecular complexity index is 1040. The predicted molar refractivity (Wildman–Crippen MR) is 326 cm³/mol. The predicted octanol–water partition coefficient (Wildman–Crippen LogP) is 18.5. The molecule has 0 aliphatic rings. The molecule has 77 heavy (non-hydrogen) atoms. The number of ether oxygens (including phenoxy) is 1. The van der Waals surface area contributed by atoms with Crippen molar-refractivity contribution in [1.82, 2.24) is 0 Å². The molecule has 0 saturated heterocycles. The topological polar surface area (TPSA) is 202 Å². The fourth-order valence-electron chi connectivity index (χ4n) is 9.37. The third kappa shape index (κ3) is 88.3. The van der Waals surface area contributed by atoms with E-state index in [2.05, 4.69) is 20.8 Å². The van der Waals surface area contributed by atoms with Gasteiger partial charge in [0.2, 0.25) is 0 Å². The lowest BCUT2D eigenvalue weighted by molar-refractivity contribution is -0.147. The van der Waals surface area contributed by atoms with Crippen LogP contribution in [0, 0.1) is 0 Å². The molecule has 0 radical (unpaired) electrons. The summed E-state index contributed by atoms with van der Waals surface area (Å²) in [4.78, 5) is 32.1. The number of carboxylic acids is 2. The quantitative estimate of drug-likeness (QED) is 0.0226. The van der Waals surface area contributed by atoms with Crippen molar-refractivity contribution in [2.45, 2.75) is 380 Å². The van der Waals surface area contributed by atoms with E-state index in [4.69, 9.17) is 40.5 Å². The van der Waals surface area contributed by atoms with Gasteiger partial charge < -0.3 is 40.5 Å². The Balaban J connectivity index is -0.000000494. The summed E-state index contributed by atoms with van der Waals surface area (Å²) in [7, 11) is 0. The van der Waals surface area contributed by atoms with Crippen molar-refractivity contribution in [3.05, 3.63) is 0 Å².